The third-order valence-electron chi connectivity index (χ3n) is 2.97. The topological polar surface area (TPSA) is 135 Å². The zero-order chi connectivity index (χ0) is 16.2. The van der Waals surface area contributed by atoms with Crippen molar-refractivity contribution in [3.05, 3.63) is 36.0 Å². The minimum absolute atomic E-state index is 0.0818. The first-order chi connectivity index (χ1) is 11.2. The summed E-state index contributed by atoms with van der Waals surface area (Å²) < 4.78 is 16.8. The maximum atomic E-state index is 11.6. The molecule has 0 saturated carbocycles. The molecule has 0 aliphatic rings. The molecule has 120 valence electrons. The highest BCUT2D eigenvalue weighted by atomic mass is 16.5. The van der Waals surface area contributed by atoms with Gasteiger partial charge in [0.05, 0.1) is 25.9 Å². The van der Waals surface area contributed by atoms with Crippen LogP contribution in [0.1, 0.15) is 28.9 Å². The SMILES string of the molecule is CCOC(=O)c1coc(-c2cn(Cc3ncoc3CN)nn2)n1. The Hall–Kier alpha value is -3.01. The van der Waals surface area contributed by atoms with Crippen LogP contribution in [-0.2, 0) is 17.8 Å². The number of carbonyl (C=O) groups excluding carboxylic acids is 1. The van der Waals surface area contributed by atoms with Gasteiger partial charge in [-0.2, -0.15) is 0 Å². The number of ether oxygens (including phenoxy) is 1. The van der Waals surface area contributed by atoms with Crippen LogP contribution in [0, 0.1) is 0 Å². The Morgan fingerprint density at radius 1 is 1.43 bits per heavy atom. The summed E-state index contributed by atoms with van der Waals surface area (Å²) in [6.45, 7) is 2.57. The van der Waals surface area contributed by atoms with Crippen LogP contribution in [0.5, 0.6) is 0 Å². The van der Waals surface area contributed by atoms with Crippen LogP contribution >= 0.6 is 0 Å². The Labute approximate surface area is 130 Å². The van der Waals surface area contributed by atoms with E-state index in [1.54, 1.807) is 17.8 Å². The van der Waals surface area contributed by atoms with Crippen LogP contribution in [0.2, 0.25) is 0 Å². The molecule has 23 heavy (non-hydrogen) atoms. The molecule has 0 aliphatic heterocycles. The molecule has 0 atom stereocenters. The first-order valence-electron chi connectivity index (χ1n) is 6.85. The lowest BCUT2D eigenvalue weighted by Crippen LogP contribution is -2.05. The van der Waals surface area contributed by atoms with Crippen LogP contribution in [0.4, 0.5) is 0 Å². The van der Waals surface area contributed by atoms with Gasteiger partial charge in [0.15, 0.2) is 17.8 Å². The molecule has 3 heterocycles. The highest BCUT2D eigenvalue weighted by molar-refractivity contribution is 5.87. The van der Waals surface area contributed by atoms with E-state index in [1.807, 2.05) is 0 Å². The molecular formula is C13H14N6O4. The van der Waals surface area contributed by atoms with Gasteiger partial charge in [-0.15, -0.1) is 5.10 Å². The second-order valence-corrected chi connectivity index (χ2v) is 4.49. The van der Waals surface area contributed by atoms with Crippen molar-refractivity contribution in [3.63, 3.8) is 0 Å². The van der Waals surface area contributed by atoms with Crippen LogP contribution in [0.3, 0.4) is 0 Å². The summed E-state index contributed by atoms with van der Waals surface area (Å²) >= 11 is 0. The van der Waals surface area contributed by atoms with Crippen molar-refractivity contribution >= 4 is 5.97 Å². The fourth-order valence-electron chi connectivity index (χ4n) is 1.91. The maximum absolute atomic E-state index is 11.6. The molecule has 3 aromatic rings. The average molecular weight is 318 g/mol. The van der Waals surface area contributed by atoms with Gasteiger partial charge in [0, 0.05) is 0 Å². The summed E-state index contributed by atoms with van der Waals surface area (Å²) in [6.07, 6.45) is 4.17. The van der Waals surface area contributed by atoms with Gasteiger partial charge < -0.3 is 19.3 Å². The van der Waals surface area contributed by atoms with E-state index in [2.05, 4.69) is 20.3 Å². The molecule has 3 aromatic heterocycles. The number of esters is 1. The monoisotopic (exact) mass is 318 g/mol. The predicted molar refractivity (Wildman–Crippen MR) is 75.0 cm³/mol. The van der Waals surface area contributed by atoms with Gasteiger partial charge in [-0.25, -0.2) is 19.4 Å². The molecule has 2 N–H and O–H groups in total. The molecule has 0 radical (unpaired) electrons. The Balaban J connectivity index is 1.75. The maximum Gasteiger partial charge on any atom is 0.360 e. The van der Waals surface area contributed by atoms with Gasteiger partial charge >= 0.3 is 5.97 Å². The lowest BCUT2D eigenvalue weighted by molar-refractivity contribution is 0.0519. The molecule has 0 aliphatic carbocycles. The summed E-state index contributed by atoms with van der Waals surface area (Å²) in [5.74, 6) is 0.214. The van der Waals surface area contributed by atoms with Crippen molar-refractivity contribution < 1.29 is 18.4 Å². The third kappa shape index (κ3) is 3.11. The van der Waals surface area contributed by atoms with E-state index in [0.717, 1.165) is 0 Å². The zero-order valence-electron chi connectivity index (χ0n) is 12.3. The van der Waals surface area contributed by atoms with Gasteiger partial charge in [-0.1, -0.05) is 5.21 Å². The molecule has 3 rings (SSSR count). The number of hydrogen-bond donors (Lipinski definition) is 1. The van der Waals surface area contributed by atoms with E-state index in [1.165, 1.54) is 12.7 Å². The second kappa shape index (κ2) is 6.40. The van der Waals surface area contributed by atoms with Crippen LogP contribution in [-0.4, -0.2) is 37.5 Å². The van der Waals surface area contributed by atoms with Gasteiger partial charge in [0.2, 0.25) is 5.89 Å². The number of nitrogens with zero attached hydrogens (tertiary/aromatic N) is 5. The highest BCUT2D eigenvalue weighted by Gasteiger charge is 2.17. The smallest absolute Gasteiger partial charge is 0.360 e. The predicted octanol–water partition coefficient (Wildman–Crippen LogP) is 0.605. The number of oxazole rings is 2. The minimum atomic E-state index is -0.551. The van der Waals surface area contributed by atoms with Crippen molar-refractivity contribution in [2.24, 2.45) is 5.73 Å². The second-order valence-electron chi connectivity index (χ2n) is 4.49. The number of carbonyl (C=O) groups is 1. The zero-order valence-corrected chi connectivity index (χ0v) is 12.3. The van der Waals surface area contributed by atoms with Gasteiger partial charge in [0.1, 0.15) is 17.7 Å². The van der Waals surface area contributed by atoms with E-state index < -0.39 is 5.97 Å². The van der Waals surface area contributed by atoms with Gasteiger partial charge in [-0.3, -0.25) is 0 Å². The lowest BCUT2D eigenvalue weighted by atomic mass is 10.3. The van der Waals surface area contributed by atoms with Crippen LogP contribution in [0.15, 0.2) is 27.7 Å². The lowest BCUT2D eigenvalue weighted by Gasteiger charge is -1.97. The number of aromatic nitrogens is 5. The first-order valence-corrected chi connectivity index (χ1v) is 6.85. The van der Waals surface area contributed by atoms with E-state index in [4.69, 9.17) is 19.3 Å². The molecule has 0 aromatic carbocycles. The van der Waals surface area contributed by atoms with Crippen molar-refractivity contribution in [2.45, 2.75) is 20.0 Å². The molecule has 10 heteroatoms. The summed E-state index contributed by atoms with van der Waals surface area (Å²) in [4.78, 5) is 19.7. The molecule has 10 nitrogen and oxygen atoms in total. The van der Waals surface area contributed by atoms with E-state index in [-0.39, 0.29) is 24.7 Å². The fraction of sp³-hybridized carbons (Fsp3) is 0.308. The molecular weight excluding hydrogens is 304 g/mol. The van der Waals surface area contributed by atoms with Crippen molar-refractivity contribution in [1.29, 1.82) is 0 Å². The Bertz CT molecular complexity index is 805. The molecule has 0 saturated heterocycles. The van der Waals surface area contributed by atoms with E-state index in [9.17, 15) is 4.79 Å². The number of rotatable bonds is 6. The molecule has 0 spiro atoms. The molecule has 0 amide bonds. The first kappa shape index (κ1) is 14.9. The molecule has 0 fully saturated rings. The summed E-state index contributed by atoms with van der Waals surface area (Å²) in [5.41, 5.74) is 6.69. The van der Waals surface area contributed by atoms with Crippen LogP contribution < -0.4 is 5.73 Å². The van der Waals surface area contributed by atoms with Crippen molar-refractivity contribution in [1.82, 2.24) is 25.0 Å². The standard InChI is InChI=1S/C13H14N6O4/c1-2-21-13(20)10-6-22-12(16-10)9-5-19(18-17-9)4-8-11(3-14)23-7-15-8/h5-7H,2-4,14H2,1H3. The molecule has 0 bridgehead atoms. The number of nitrogens with two attached hydrogens (primary N) is 1. The Kier molecular flexibility index (Phi) is 4.15. The Morgan fingerprint density at radius 2 is 2.30 bits per heavy atom. The van der Waals surface area contributed by atoms with Gasteiger partial charge in [0.25, 0.3) is 0 Å². The molecule has 0 unspecified atom stereocenters. The highest BCUT2D eigenvalue weighted by Crippen LogP contribution is 2.16. The quantitative estimate of drug-likeness (QED) is 0.648. The normalized spacial score (nSPS) is 10.9. The summed E-state index contributed by atoms with van der Waals surface area (Å²) in [6, 6.07) is 0. The average Bonchev–Trinajstić information content (AvgIpc) is 3.28. The largest absolute Gasteiger partial charge is 0.461 e. The summed E-state index contributed by atoms with van der Waals surface area (Å²) in [7, 11) is 0. The third-order valence-corrected chi connectivity index (χ3v) is 2.97. The minimum Gasteiger partial charge on any atom is -0.461 e. The Morgan fingerprint density at radius 3 is 3.09 bits per heavy atom. The summed E-state index contributed by atoms with van der Waals surface area (Å²) in [5, 5.41) is 7.92. The van der Waals surface area contributed by atoms with Crippen molar-refractivity contribution in [2.75, 3.05) is 6.61 Å². The number of hydrogen-bond acceptors (Lipinski definition) is 9. The fourth-order valence-corrected chi connectivity index (χ4v) is 1.91. The van der Waals surface area contributed by atoms with Crippen LogP contribution in [0.25, 0.3) is 11.6 Å². The van der Waals surface area contributed by atoms with E-state index in [0.29, 0.717) is 23.7 Å². The van der Waals surface area contributed by atoms with Gasteiger partial charge in [-0.05, 0) is 6.92 Å². The van der Waals surface area contributed by atoms with E-state index >= 15 is 0 Å². The van der Waals surface area contributed by atoms with Crippen molar-refractivity contribution in [3.8, 4) is 11.6 Å².